The van der Waals surface area contributed by atoms with Crippen molar-refractivity contribution in [3.05, 3.63) is 64.7 Å². The van der Waals surface area contributed by atoms with Gasteiger partial charge in [-0.05, 0) is 30.2 Å². The Morgan fingerprint density at radius 2 is 1.72 bits per heavy atom. The van der Waals surface area contributed by atoms with Gasteiger partial charge in [0.1, 0.15) is 11.9 Å². The van der Waals surface area contributed by atoms with Crippen molar-refractivity contribution in [3.8, 4) is 0 Å². The predicted octanol–water partition coefficient (Wildman–Crippen LogP) is 2.34. The molecule has 0 spiro atoms. The molecule has 2 aromatic rings. The molecule has 1 aliphatic rings. The first-order chi connectivity index (χ1) is 15.2. The molecule has 32 heavy (non-hydrogen) atoms. The number of nitrogens with zero attached hydrogens (tertiary/aromatic N) is 1. The zero-order valence-electron chi connectivity index (χ0n) is 17.8. The number of hydrogen-bond donors (Lipinski definition) is 3. The van der Waals surface area contributed by atoms with Crippen LogP contribution in [-0.2, 0) is 14.8 Å². The molecule has 0 aliphatic carbocycles. The second kappa shape index (κ2) is 10.1. The lowest BCUT2D eigenvalue weighted by Gasteiger charge is -2.19. The monoisotopic (exact) mass is 476 g/mol. The standard InChI is InChI=1S/C22H25ClN4O4S/c1-3-14(2)19(26-20-16-9-5-7-11-18(16)32(30,31)27-20)22(29)25-13-12-24-21(28)15-8-4-6-10-17(15)23/h4-11,14,19H,3,12-13H2,1-2H3,(H,24,28)(H,25,29)(H,26,27)/t14-,19-/m0/s1. The zero-order valence-corrected chi connectivity index (χ0v) is 19.3. The summed E-state index contributed by atoms with van der Waals surface area (Å²) in [5, 5.41) is 5.82. The summed E-state index contributed by atoms with van der Waals surface area (Å²) < 4.78 is 27.1. The number of benzene rings is 2. The Hall–Kier alpha value is -2.91. The Labute approximate surface area is 192 Å². The SMILES string of the molecule is CC[C@H](C)[C@H](N=C1NS(=O)(=O)c2ccccc21)C(=O)NCCNC(=O)c1ccccc1Cl. The van der Waals surface area contributed by atoms with E-state index < -0.39 is 16.1 Å². The van der Waals surface area contributed by atoms with E-state index in [1.54, 1.807) is 42.5 Å². The molecule has 0 bridgehead atoms. The molecular weight excluding hydrogens is 452 g/mol. The summed E-state index contributed by atoms with van der Waals surface area (Å²) in [7, 11) is -3.69. The third-order valence-corrected chi connectivity index (χ3v) is 6.94. The van der Waals surface area contributed by atoms with Crippen LogP contribution < -0.4 is 15.4 Å². The first kappa shape index (κ1) is 23.7. The molecule has 170 valence electrons. The molecule has 0 saturated carbocycles. The fraction of sp³-hybridized carbons (Fsp3) is 0.318. The first-order valence-corrected chi connectivity index (χ1v) is 12.1. The molecule has 2 amide bonds. The summed E-state index contributed by atoms with van der Waals surface area (Å²) in [6, 6.07) is 12.4. The third kappa shape index (κ3) is 5.28. The minimum atomic E-state index is -3.69. The molecule has 0 fully saturated rings. The lowest BCUT2D eigenvalue weighted by atomic mass is 9.98. The summed E-state index contributed by atoms with van der Waals surface area (Å²) in [5.41, 5.74) is 0.803. The maximum atomic E-state index is 12.8. The Morgan fingerprint density at radius 1 is 1.06 bits per heavy atom. The van der Waals surface area contributed by atoms with Crippen LogP contribution in [0.3, 0.4) is 0 Å². The van der Waals surface area contributed by atoms with E-state index in [4.69, 9.17) is 11.6 Å². The van der Waals surface area contributed by atoms with Crippen LogP contribution in [0.25, 0.3) is 0 Å². The number of fused-ring (bicyclic) bond motifs is 1. The zero-order chi connectivity index (χ0) is 23.3. The number of halogens is 1. The first-order valence-electron chi connectivity index (χ1n) is 10.2. The van der Waals surface area contributed by atoms with Crippen LogP contribution in [0, 0.1) is 5.92 Å². The smallest absolute Gasteiger partial charge is 0.263 e. The van der Waals surface area contributed by atoms with Gasteiger partial charge < -0.3 is 10.6 Å². The van der Waals surface area contributed by atoms with Gasteiger partial charge in [-0.3, -0.25) is 19.3 Å². The molecule has 0 saturated heterocycles. The third-order valence-electron chi connectivity index (χ3n) is 5.21. The van der Waals surface area contributed by atoms with E-state index in [2.05, 4.69) is 20.3 Å². The molecule has 10 heteroatoms. The Morgan fingerprint density at radius 3 is 2.44 bits per heavy atom. The fourth-order valence-electron chi connectivity index (χ4n) is 3.24. The van der Waals surface area contributed by atoms with E-state index in [0.29, 0.717) is 22.6 Å². The molecule has 0 aromatic heterocycles. The highest BCUT2D eigenvalue weighted by Gasteiger charge is 2.33. The lowest BCUT2D eigenvalue weighted by Crippen LogP contribution is -2.42. The quantitative estimate of drug-likeness (QED) is 0.507. The average molecular weight is 477 g/mol. The van der Waals surface area contributed by atoms with Crippen LogP contribution in [-0.4, -0.2) is 45.2 Å². The highest BCUT2D eigenvalue weighted by Crippen LogP contribution is 2.24. The fourth-order valence-corrected chi connectivity index (χ4v) is 4.70. The number of carbonyl (C=O) groups excluding carboxylic acids is 2. The van der Waals surface area contributed by atoms with Crippen molar-refractivity contribution in [3.63, 3.8) is 0 Å². The minimum absolute atomic E-state index is 0.127. The van der Waals surface area contributed by atoms with Gasteiger partial charge in [-0.2, -0.15) is 0 Å². The minimum Gasteiger partial charge on any atom is -0.352 e. The van der Waals surface area contributed by atoms with Crippen molar-refractivity contribution in [1.82, 2.24) is 15.4 Å². The van der Waals surface area contributed by atoms with Gasteiger partial charge >= 0.3 is 0 Å². The Kier molecular flexibility index (Phi) is 7.52. The van der Waals surface area contributed by atoms with E-state index in [9.17, 15) is 18.0 Å². The van der Waals surface area contributed by atoms with Crippen LogP contribution >= 0.6 is 11.6 Å². The summed E-state index contributed by atoms with van der Waals surface area (Å²) in [6.07, 6.45) is 0.673. The summed E-state index contributed by atoms with van der Waals surface area (Å²) in [4.78, 5) is 29.7. The normalized spacial score (nSPS) is 17.2. The van der Waals surface area contributed by atoms with E-state index >= 15 is 0 Å². The van der Waals surface area contributed by atoms with Gasteiger partial charge in [-0.15, -0.1) is 0 Å². The lowest BCUT2D eigenvalue weighted by molar-refractivity contribution is -0.123. The van der Waals surface area contributed by atoms with Crippen molar-refractivity contribution < 1.29 is 18.0 Å². The second-order valence-electron chi connectivity index (χ2n) is 7.44. The maximum absolute atomic E-state index is 12.8. The van der Waals surface area contributed by atoms with Crippen molar-refractivity contribution in [2.24, 2.45) is 10.9 Å². The van der Waals surface area contributed by atoms with Crippen molar-refractivity contribution in [2.45, 2.75) is 31.2 Å². The topological polar surface area (TPSA) is 117 Å². The van der Waals surface area contributed by atoms with Crippen molar-refractivity contribution in [2.75, 3.05) is 13.1 Å². The van der Waals surface area contributed by atoms with Crippen LogP contribution in [0.5, 0.6) is 0 Å². The van der Waals surface area contributed by atoms with E-state index in [0.717, 1.165) is 0 Å². The number of aliphatic imine (C=N–C) groups is 1. The number of amides is 2. The van der Waals surface area contributed by atoms with Gasteiger partial charge in [0.05, 0.1) is 15.5 Å². The molecule has 0 radical (unpaired) electrons. The van der Waals surface area contributed by atoms with E-state index in [1.165, 1.54) is 6.07 Å². The Balaban J connectivity index is 1.66. The molecule has 1 heterocycles. The molecule has 3 N–H and O–H groups in total. The van der Waals surface area contributed by atoms with Crippen LogP contribution in [0.4, 0.5) is 0 Å². The number of amidine groups is 1. The van der Waals surface area contributed by atoms with Gasteiger partial charge in [0.25, 0.3) is 15.9 Å². The number of sulfonamides is 1. The maximum Gasteiger partial charge on any atom is 0.263 e. The largest absolute Gasteiger partial charge is 0.352 e. The van der Waals surface area contributed by atoms with Crippen LogP contribution in [0.2, 0.25) is 5.02 Å². The highest BCUT2D eigenvalue weighted by atomic mass is 35.5. The van der Waals surface area contributed by atoms with Crippen molar-refractivity contribution in [1.29, 1.82) is 0 Å². The van der Waals surface area contributed by atoms with Gasteiger partial charge in [0.2, 0.25) is 5.91 Å². The molecular formula is C22H25ClN4O4S. The van der Waals surface area contributed by atoms with Crippen LogP contribution in [0.15, 0.2) is 58.4 Å². The number of nitrogens with one attached hydrogen (secondary N) is 3. The average Bonchev–Trinajstić information content (AvgIpc) is 3.04. The summed E-state index contributed by atoms with van der Waals surface area (Å²) in [5.74, 6) is -0.645. The molecule has 3 rings (SSSR count). The van der Waals surface area contributed by atoms with Crippen LogP contribution in [0.1, 0.15) is 36.2 Å². The predicted molar refractivity (Wildman–Crippen MR) is 123 cm³/mol. The number of hydrogen-bond acceptors (Lipinski definition) is 5. The summed E-state index contributed by atoms with van der Waals surface area (Å²) >= 11 is 6.02. The molecule has 2 atom stereocenters. The van der Waals surface area contributed by atoms with Gasteiger partial charge in [0, 0.05) is 18.7 Å². The van der Waals surface area contributed by atoms with E-state index in [-0.39, 0.29) is 41.6 Å². The molecule has 2 aromatic carbocycles. The van der Waals surface area contributed by atoms with Gasteiger partial charge in [-0.25, -0.2) is 8.42 Å². The molecule has 1 aliphatic heterocycles. The van der Waals surface area contributed by atoms with E-state index in [1.807, 2.05) is 13.8 Å². The second-order valence-corrected chi connectivity index (χ2v) is 9.49. The Bertz CT molecular complexity index is 1150. The molecule has 8 nitrogen and oxygen atoms in total. The van der Waals surface area contributed by atoms with Gasteiger partial charge in [0.15, 0.2) is 0 Å². The number of rotatable bonds is 8. The van der Waals surface area contributed by atoms with Gasteiger partial charge in [-0.1, -0.05) is 56.1 Å². The molecule has 0 unspecified atom stereocenters. The number of carbonyl (C=O) groups is 2. The summed E-state index contributed by atoms with van der Waals surface area (Å²) in [6.45, 7) is 4.20. The highest BCUT2D eigenvalue weighted by molar-refractivity contribution is 7.90. The van der Waals surface area contributed by atoms with Crippen molar-refractivity contribution >= 4 is 39.3 Å².